The van der Waals surface area contributed by atoms with E-state index in [1.165, 1.54) is 12.0 Å². The Bertz CT molecular complexity index is 684. The topological polar surface area (TPSA) is 70.7 Å². The molecule has 0 radical (unpaired) electrons. The predicted octanol–water partition coefficient (Wildman–Crippen LogP) is 2.78. The number of urea groups is 1. The van der Waals surface area contributed by atoms with Gasteiger partial charge in [0.05, 0.1) is 19.3 Å². The van der Waals surface area contributed by atoms with Crippen LogP contribution in [0.2, 0.25) is 0 Å². The molecule has 2 aromatic rings. The summed E-state index contributed by atoms with van der Waals surface area (Å²) in [6, 6.07) is 8.44. The van der Waals surface area contributed by atoms with Crippen molar-refractivity contribution >= 4 is 29.0 Å². The zero-order valence-electron chi connectivity index (χ0n) is 13.3. The van der Waals surface area contributed by atoms with Gasteiger partial charge in [-0.2, -0.15) is 0 Å². The van der Waals surface area contributed by atoms with Gasteiger partial charge in [-0.1, -0.05) is 6.07 Å². The lowest BCUT2D eigenvalue weighted by molar-refractivity contribution is 0.0827. The molecule has 2 N–H and O–H groups in total. The first-order chi connectivity index (χ1) is 11.0. The molecule has 122 valence electrons. The molecule has 0 saturated heterocycles. The molecule has 0 aliphatic heterocycles. The first kappa shape index (κ1) is 16.8. The number of amides is 3. The third-order valence-electron chi connectivity index (χ3n) is 3.10. The Morgan fingerprint density at radius 1 is 1.26 bits per heavy atom. The van der Waals surface area contributed by atoms with Gasteiger partial charge in [0.1, 0.15) is 5.75 Å². The molecule has 1 aromatic carbocycles. The van der Waals surface area contributed by atoms with Crippen LogP contribution in [0.3, 0.4) is 0 Å². The van der Waals surface area contributed by atoms with E-state index in [0.29, 0.717) is 23.5 Å². The van der Waals surface area contributed by atoms with Gasteiger partial charge in [0.2, 0.25) is 0 Å². The fourth-order valence-electron chi connectivity index (χ4n) is 1.94. The van der Waals surface area contributed by atoms with E-state index in [1.54, 1.807) is 43.6 Å². The molecule has 0 saturated carbocycles. The van der Waals surface area contributed by atoms with Crippen molar-refractivity contribution in [2.24, 2.45) is 0 Å². The average Bonchev–Trinajstić information content (AvgIpc) is 3.05. The Labute approximate surface area is 139 Å². The lowest BCUT2D eigenvalue weighted by atomic mass is 10.1. The summed E-state index contributed by atoms with van der Waals surface area (Å²) in [5.41, 5.74) is 0.924. The van der Waals surface area contributed by atoms with Gasteiger partial charge in [0, 0.05) is 24.5 Å². The SMILES string of the molecule is COc1ccc(C(=O)N(C)C)cc1NC(=O)NCc1cccs1. The number of carbonyl (C=O) groups is 2. The standard InChI is InChI=1S/C16H19N3O3S/c1-19(2)15(20)11-6-7-14(22-3)13(9-11)18-16(21)17-10-12-5-4-8-23-12/h4-9H,10H2,1-3H3,(H2,17,18,21). The molecule has 0 unspecified atom stereocenters. The van der Waals surface area contributed by atoms with Crippen LogP contribution in [0.25, 0.3) is 0 Å². The number of carbonyl (C=O) groups excluding carboxylic acids is 2. The minimum Gasteiger partial charge on any atom is -0.495 e. The molecule has 6 nitrogen and oxygen atoms in total. The summed E-state index contributed by atoms with van der Waals surface area (Å²) in [7, 11) is 4.86. The van der Waals surface area contributed by atoms with Crippen LogP contribution in [0, 0.1) is 0 Å². The van der Waals surface area contributed by atoms with Gasteiger partial charge in [-0.25, -0.2) is 4.79 Å². The number of rotatable bonds is 5. The van der Waals surface area contributed by atoms with Crippen molar-refractivity contribution in [1.29, 1.82) is 0 Å². The van der Waals surface area contributed by atoms with Crippen LogP contribution in [0.15, 0.2) is 35.7 Å². The van der Waals surface area contributed by atoms with Gasteiger partial charge in [0.15, 0.2) is 0 Å². The maximum Gasteiger partial charge on any atom is 0.319 e. The molecular formula is C16H19N3O3S. The number of ether oxygens (including phenoxy) is 1. The molecule has 1 heterocycles. The number of nitrogens with one attached hydrogen (secondary N) is 2. The fourth-order valence-corrected chi connectivity index (χ4v) is 2.59. The van der Waals surface area contributed by atoms with Gasteiger partial charge in [-0.3, -0.25) is 4.79 Å². The zero-order chi connectivity index (χ0) is 16.8. The number of hydrogen-bond donors (Lipinski definition) is 2. The molecular weight excluding hydrogens is 314 g/mol. The van der Waals surface area contributed by atoms with Crippen molar-refractivity contribution in [2.75, 3.05) is 26.5 Å². The number of anilines is 1. The van der Waals surface area contributed by atoms with Crippen molar-refractivity contribution in [3.05, 3.63) is 46.2 Å². The highest BCUT2D eigenvalue weighted by atomic mass is 32.1. The van der Waals surface area contributed by atoms with E-state index in [9.17, 15) is 9.59 Å². The molecule has 23 heavy (non-hydrogen) atoms. The first-order valence-electron chi connectivity index (χ1n) is 6.98. The summed E-state index contributed by atoms with van der Waals surface area (Å²) in [6.45, 7) is 0.447. The highest BCUT2D eigenvalue weighted by molar-refractivity contribution is 7.09. The fraction of sp³-hybridized carbons (Fsp3) is 0.250. The van der Waals surface area contributed by atoms with Crippen molar-refractivity contribution in [1.82, 2.24) is 10.2 Å². The van der Waals surface area contributed by atoms with E-state index in [4.69, 9.17) is 4.74 Å². The van der Waals surface area contributed by atoms with Gasteiger partial charge in [0.25, 0.3) is 5.91 Å². The molecule has 0 atom stereocenters. The summed E-state index contributed by atoms with van der Waals surface area (Å²) >= 11 is 1.57. The van der Waals surface area contributed by atoms with Crippen LogP contribution < -0.4 is 15.4 Å². The van der Waals surface area contributed by atoms with E-state index < -0.39 is 0 Å². The minimum absolute atomic E-state index is 0.144. The van der Waals surface area contributed by atoms with E-state index in [-0.39, 0.29) is 11.9 Å². The second-order valence-electron chi connectivity index (χ2n) is 5.00. The number of benzene rings is 1. The monoisotopic (exact) mass is 333 g/mol. The van der Waals surface area contributed by atoms with Crippen molar-refractivity contribution in [2.45, 2.75) is 6.54 Å². The summed E-state index contributed by atoms with van der Waals surface area (Å²) < 4.78 is 5.23. The van der Waals surface area contributed by atoms with Crippen LogP contribution in [0.4, 0.5) is 10.5 Å². The van der Waals surface area contributed by atoms with Gasteiger partial charge >= 0.3 is 6.03 Å². The zero-order valence-corrected chi connectivity index (χ0v) is 14.1. The number of thiophene rings is 1. The van der Waals surface area contributed by atoms with Crippen LogP contribution >= 0.6 is 11.3 Å². The Kier molecular flexibility index (Phi) is 5.59. The third-order valence-corrected chi connectivity index (χ3v) is 3.98. The Balaban J connectivity index is 2.08. The summed E-state index contributed by atoms with van der Waals surface area (Å²) in [5.74, 6) is 0.348. The highest BCUT2D eigenvalue weighted by Crippen LogP contribution is 2.26. The normalized spacial score (nSPS) is 10.0. The average molecular weight is 333 g/mol. The number of hydrogen-bond acceptors (Lipinski definition) is 4. The van der Waals surface area contributed by atoms with E-state index in [2.05, 4.69) is 10.6 Å². The second kappa shape index (κ2) is 7.64. The van der Waals surface area contributed by atoms with Crippen LogP contribution in [-0.4, -0.2) is 38.0 Å². The minimum atomic E-state index is -0.355. The molecule has 3 amide bonds. The molecule has 0 bridgehead atoms. The first-order valence-corrected chi connectivity index (χ1v) is 7.86. The maximum atomic E-state index is 12.0. The van der Waals surface area contributed by atoms with Gasteiger partial charge in [-0.05, 0) is 29.6 Å². The van der Waals surface area contributed by atoms with E-state index in [1.807, 2.05) is 17.5 Å². The largest absolute Gasteiger partial charge is 0.495 e. The summed E-state index contributed by atoms with van der Waals surface area (Å²) in [6.07, 6.45) is 0. The molecule has 1 aromatic heterocycles. The van der Waals surface area contributed by atoms with Gasteiger partial charge < -0.3 is 20.3 Å². The van der Waals surface area contributed by atoms with Gasteiger partial charge in [-0.15, -0.1) is 11.3 Å². The van der Waals surface area contributed by atoms with Crippen LogP contribution in [0.1, 0.15) is 15.2 Å². The molecule has 0 aliphatic carbocycles. The number of nitrogens with zero attached hydrogens (tertiary/aromatic N) is 1. The molecule has 0 aliphatic rings. The van der Waals surface area contributed by atoms with E-state index >= 15 is 0 Å². The molecule has 7 heteroatoms. The van der Waals surface area contributed by atoms with Crippen molar-refractivity contribution < 1.29 is 14.3 Å². The van der Waals surface area contributed by atoms with E-state index in [0.717, 1.165) is 4.88 Å². The Hall–Kier alpha value is -2.54. The maximum absolute atomic E-state index is 12.0. The Morgan fingerprint density at radius 3 is 2.65 bits per heavy atom. The molecule has 0 fully saturated rings. The smallest absolute Gasteiger partial charge is 0.319 e. The van der Waals surface area contributed by atoms with Crippen LogP contribution in [-0.2, 0) is 6.54 Å². The third kappa shape index (κ3) is 4.46. The lowest BCUT2D eigenvalue weighted by Crippen LogP contribution is -2.28. The second-order valence-corrected chi connectivity index (χ2v) is 6.03. The van der Waals surface area contributed by atoms with Crippen LogP contribution in [0.5, 0.6) is 5.75 Å². The Morgan fingerprint density at radius 2 is 2.04 bits per heavy atom. The quantitative estimate of drug-likeness (QED) is 0.884. The molecule has 2 rings (SSSR count). The van der Waals surface area contributed by atoms with Crippen molar-refractivity contribution in [3.8, 4) is 5.75 Å². The molecule has 0 spiro atoms. The lowest BCUT2D eigenvalue weighted by Gasteiger charge is -2.14. The summed E-state index contributed by atoms with van der Waals surface area (Å²) in [5, 5.41) is 7.44. The highest BCUT2D eigenvalue weighted by Gasteiger charge is 2.13. The predicted molar refractivity (Wildman–Crippen MR) is 91.2 cm³/mol. The number of methoxy groups -OCH3 is 1. The summed E-state index contributed by atoms with van der Waals surface area (Å²) in [4.78, 5) is 26.6. The van der Waals surface area contributed by atoms with Crippen molar-refractivity contribution in [3.63, 3.8) is 0 Å².